The number of carboxylic acids is 1. The van der Waals surface area contributed by atoms with E-state index >= 15 is 0 Å². The van der Waals surface area contributed by atoms with Gasteiger partial charge in [0.25, 0.3) is 0 Å². The van der Waals surface area contributed by atoms with Crippen LogP contribution >= 0.6 is 0 Å². The molecule has 1 aliphatic heterocycles. The molecular weight excluding hydrogens is 287 g/mol. The van der Waals surface area contributed by atoms with Gasteiger partial charge in [-0.25, -0.2) is 22.3 Å². The van der Waals surface area contributed by atoms with E-state index in [1.54, 1.807) is 0 Å². The van der Waals surface area contributed by atoms with Crippen LogP contribution in [0.2, 0.25) is 0 Å². The highest BCUT2D eigenvalue weighted by Crippen LogP contribution is 2.17. The molecule has 1 aromatic carbocycles. The third kappa shape index (κ3) is 3.14. The molecule has 110 valence electrons. The summed E-state index contributed by atoms with van der Waals surface area (Å²) in [5, 5.41) is 8.81. The lowest BCUT2D eigenvalue weighted by Gasteiger charge is -2.13. The number of sulfonamides is 1. The second-order valence-corrected chi connectivity index (χ2v) is 6.53. The van der Waals surface area contributed by atoms with Gasteiger partial charge in [0.15, 0.2) is 0 Å². The summed E-state index contributed by atoms with van der Waals surface area (Å²) in [6.45, 7) is 1.38. The van der Waals surface area contributed by atoms with Crippen molar-refractivity contribution in [2.24, 2.45) is 0 Å². The number of halogens is 1. The van der Waals surface area contributed by atoms with Crippen LogP contribution in [0.4, 0.5) is 4.39 Å². The lowest BCUT2D eigenvalue weighted by Crippen LogP contribution is -2.36. The van der Waals surface area contributed by atoms with Crippen molar-refractivity contribution in [3.05, 3.63) is 29.6 Å². The number of hydrogen-bond acceptors (Lipinski definition) is 4. The number of nitrogens with zero attached hydrogens (tertiary/aromatic N) is 1. The smallest absolute Gasteiger partial charge is 0.338 e. The number of likely N-dealkylation sites (tertiary alicyclic amines) is 1. The van der Waals surface area contributed by atoms with Crippen LogP contribution in [0.25, 0.3) is 0 Å². The first-order valence-corrected chi connectivity index (χ1v) is 7.51. The summed E-state index contributed by atoms with van der Waals surface area (Å²) in [6.07, 6.45) is 0.683. The van der Waals surface area contributed by atoms with Gasteiger partial charge in [0.1, 0.15) is 5.82 Å². The molecule has 0 bridgehead atoms. The highest BCUT2D eigenvalue weighted by atomic mass is 32.2. The fourth-order valence-corrected chi connectivity index (χ4v) is 3.44. The fraction of sp³-hybridized carbons (Fsp3) is 0.417. The van der Waals surface area contributed by atoms with E-state index in [0.29, 0.717) is 13.0 Å². The minimum Gasteiger partial charge on any atom is -0.478 e. The SMILES string of the molecule is CN1CCC(NS(=O)(=O)c2ccc(F)c(C(=O)O)c2)C1. The van der Waals surface area contributed by atoms with Crippen LogP contribution in [-0.4, -0.2) is 50.6 Å². The molecule has 0 radical (unpaired) electrons. The van der Waals surface area contributed by atoms with Gasteiger partial charge in [-0.3, -0.25) is 0 Å². The number of nitrogens with one attached hydrogen (secondary N) is 1. The van der Waals surface area contributed by atoms with Crippen LogP contribution < -0.4 is 4.72 Å². The van der Waals surface area contributed by atoms with Gasteiger partial charge in [0.2, 0.25) is 10.0 Å². The maximum Gasteiger partial charge on any atom is 0.338 e. The quantitative estimate of drug-likeness (QED) is 0.846. The molecule has 6 nitrogen and oxygen atoms in total. The van der Waals surface area contributed by atoms with Gasteiger partial charge in [-0.2, -0.15) is 0 Å². The van der Waals surface area contributed by atoms with E-state index in [1.807, 2.05) is 11.9 Å². The van der Waals surface area contributed by atoms with Crippen molar-refractivity contribution in [1.29, 1.82) is 0 Å². The zero-order valence-corrected chi connectivity index (χ0v) is 11.7. The Morgan fingerprint density at radius 1 is 1.50 bits per heavy atom. The molecule has 0 aromatic heterocycles. The summed E-state index contributed by atoms with van der Waals surface area (Å²) in [6, 6.07) is 2.52. The molecule has 0 spiro atoms. The second-order valence-electron chi connectivity index (χ2n) is 4.82. The zero-order chi connectivity index (χ0) is 14.9. The lowest BCUT2D eigenvalue weighted by molar-refractivity contribution is 0.0691. The summed E-state index contributed by atoms with van der Waals surface area (Å²) in [5.41, 5.74) is -0.656. The Kier molecular flexibility index (Phi) is 4.07. The maximum absolute atomic E-state index is 13.3. The van der Waals surface area contributed by atoms with E-state index in [9.17, 15) is 17.6 Å². The van der Waals surface area contributed by atoms with Crippen LogP contribution in [0.1, 0.15) is 16.8 Å². The Bertz CT molecular complexity index is 632. The fourth-order valence-electron chi connectivity index (χ4n) is 2.15. The van der Waals surface area contributed by atoms with Gasteiger partial charge in [-0.15, -0.1) is 0 Å². The largest absolute Gasteiger partial charge is 0.478 e. The van der Waals surface area contributed by atoms with Crippen molar-refractivity contribution >= 4 is 16.0 Å². The van der Waals surface area contributed by atoms with Crippen molar-refractivity contribution < 1.29 is 22.7 Å². The first kappa shape index (κ1) is 14.9. The van der Waals surface area contributed by atoms with Crippen molar-refractivity contribution in [3.63, 3.8) is 0 Å². The minimum atomic E-state index is -3.85. The first-order chi connectivity index (χ1) is 9.29. The number of carboxylic acid groups (broad SMARTS) is 1. The normalized spacial score (nSPS) is 20.2. The molecule has 1 fully saturated rings. The molecule has 8 heteroatoms. The number of hydrogen-bond donors (Lipinski definition) is 2. The maximum atomic E-state index is 13.3. The van der Waals surface area contributed by atoms with Gasteiger partial charge in [0.05, 0.1) is 10.5 Å². The molecule has 0 saturated carbocycles. The second kappa shape index (κ2) is 5.47. The number of rotatable bonds is 4. The molecule has 1 atom stereocenters. The van der Waals surface area contributed by atoms with Crippen LogP contribution in [0, 0.1) is 5.82 Å². The average molecular weight is 302 g/mol. The average Bonchev–Trinajstić information content (AvgIpc) is 2.73. The Hall–Kier alpha value is -1.51. The molecule has 1 unspecified atom stereocenters. The Morgan fingerprint density at radius 3 is 2.75 bits per heavy atom. The van der Waals surface area contributed by atoms with Crippen LogP contribution in [0.5, 0.6) is 0 Å². The molecule has 2 N–H and O–H groups in total. The van der Waals surface area contributed by atoms with Gasteiger partial charge in [0, 0.05) is 12.6 Å². The highest BCUT2D eigenvalue weighted by molar-refractivity contribution is 7.89. The van der Waals surface area contributed by atoms with Crippen molar-refractivity contribution in [2.75, 3.05) is 20.1 Å². The molecule has 1 heterocycles. The van der Waals surface area contributed by atoms with Crippen molar-refractivity contribution in [1.82, 2.24) is 9.62 Å². The van der Waals surface area contributed by atoms with E-state index in [-0.39, 0.29) is 10.9 Å². The first-order valence-electron chi connectivity index (χ1n) is 6.03. The van der Waals surface area contributed by atoms with Gasteiger partial charge < -0.3 is 10.0 Å². The van der Waals surface area contributed by atoms with Gasteiger partial charge in [-0.1, -0.05) is 0 Å². The molecule has 1 aromatic rings. The number of carbonyl (C=O) groups is 1. The number of likely N-dealkylation sites (N-methyl/N-ethyl adjacent to an activating group) is 1. The van der Waals surface area contributed by atoms with E-state index in [2.05, 4.69) is 4.72 Å². The van der Waals surface area contributed by atoms with E-state index in [4.69, 9.17) is 5.11 Å². The highest BCUT2D eigenvalue weighted by Gasteiger charge is 2.26. The Labute approximate surface area is 116 Å². The molecular formula is C12H15FN2O4S. The standard InChI is InChI=1S/C12H15FN2O4S/c1-15-5-4-8(7-15)14-20(18,19)9-2-3-11(13)10(6-9)12(16)17/h2-3,6,8,14H,4-5,7H2,1H3,(H,16,17). The van der Waals surface area contributed by atoms with Crippen LogP contribution in [-0.2, 0) is 10.0 Å². The Balaban J connectivity index is 2.25. The molecule has 2 rings (SSSR count). The number of benzene rings is 1. The van der Waals surface area contributed by atoms with Crippen LogP contribution in [0.3, 0.4) is 0 Å². The third-order valence-electron chi connectivity index (χ3n) is 3.19. The van der Waals surface area contributed by atoms with E-state index in [0.717, 1.165) is 24.7 Å². The zero-order valence-electron chi connectivity index (χ0n) is 10.8. The summed E-state index contributed by atoms with van der Waals surface area (Å²) in [7, 11) is -1.96. The summed E-state index contributed by atoms with van der Waals surface area (Å²) < 4.78 is 40.0. The van der Waals surface area contributed by atoms with Crippen molar-refractivity contribution in [3.8, 4) is 0 Å². The molecule has 1 aliphatic rings. The molecule has 0 amide bonds. The van der Waals surface area contributed by atoms with Gasteiger partial charge >= 0.3 is 5.97 Å². The van der Waals surface area contributed by atoms with Gasteiger partial charge in [-0.05, 0) is 38.2 Å². The third-order valence-corrected chi connectivity index (χ3v) is 4.71. The summed E-state index contributed by atoms with van der Waals surface area (Å²) in [5.74, 6) is -2.46. The Morgan fingerprint density at radius 2 is 2.20 bits per heavy atom. The predicted molar refractivity (Wildman–Crippen MR) is 69.6 cm³/mol. The topological polar surface area (TPSA) is 86.7 Å². The monoisotopic (exact) mass is 302 g/mol. The van der Waals surface area contributed by atoms with E-state index in [1.165, 1.54) is 0 Å². The van der Waals surface area contributed by atoms with E-state index < -0.39 is 27.4 Å². The lowest BCUT2D eigenvalue weighted by atomic mass is 10.2. The molecule has 20 heavy (non-hydrogen) atoms. The molecule has 1 saturated heterocycles. The summed E-state index contributed by atoms with van der Waals surface area (Å²) >= 11 is 0. The van der Waals surface area contributed by atoms with Crippen LogP contribution in [0.15, 0.2) is 23.1 Å². The summed E-state index contributed by atoms with van der Waals surface area (Å²) in [4.78, 5) is 12.6. The number of aromatic carboxylic acids is 1. The molecule has 0 aliphatic carbocycles. The minimum absolute atomic E-state index is 0.219. The predicted octanol–water partition coefficient (Wildman–Crippen LogP) is 0.506. The van der Waals surface area contributed by atoms with Crippen molar-refractivity contribution in [2.45, 2.75) is 17.4 Å².